The number of amides is 1. The third-order valence-electron chi connectivity index (χ3n) is 5.31. The summed E-state index contributed by atoms with van der Waals surface area (Å²) in [5.74, 6) is -0.611. The summed E-state index contributed by atoms with van der Waals surface area (Å²) in [6, 6.07) is 15.5. The maximum atomic E-state index is 12.8. The van der Waals surface area contributed by atoms with Crippen LogP contribution in [0, 0.1) is 5.92 Å². The molecule has 1 aliphatic carbocycles. The Bertz CT molecular complexity index is 926. The van der Waals surface area contributed by atoms with Gasteiger partial charge in [-0.1, -0.05) is 41.9 Å². The molecule has 2 aromatic rings. The summed E-state index contributed by atoms with van der Waals surface area (Å²) in [7, 11) is 0. The van der Waals surface area contributed by atoms with E-state index in [-0.39, 0.29) is 18.5 Å². The summed E-state index contributed by atoms with van der Waals surface area (Å²) >= 11 is 0. The molecule has 0 bridgehead atoms. The maximum Gasteiger partial charge on any atom is 0.311 e. The molecule has 1 unspecified atom stereocenters. The van der Waals surface area contributed by atoms with Gasteiger partial charge in [-0.25, -0.2) is 0 Å². The van der Waals surface area contributed by atoms with Gasteiger partial charge in [-0.05, 0) is 55.1 Å². The van der Waals surface area contributed by atoms with E-state index in [4.69, 9.17) is 15.0 Å². The van der Waals surface area contributed by atoms with E-state index >= 15 is 0 Å². The molecule has 0 spiro atoms. The third kappa shape index (κ3) is 5.99. The van der Waals surface area contributed by atoms with Crippen LogP contribution in [0.4, 0.5) is 0 Å². The molecular weight excluding hydrogens is 396 g/mol. The van der Waals surface area contributed by atoms with Gasteiger partial charge in [0.15, 0.2) is 0 Å². The summed E-state index contributed by atoms with van der Waals surface area (Å²) in [6.07, 6.45) is 1.91. The Hall–Kier alpha value is -3.51. The van der Waals surface area contributed by atoms with Crippen LogP contribution in [0.5, 0.6) is 5.75 Å². The minimum Gasteiger partial charge on any atom is -0.489 e. The number of ether oxygens (including phenoxy) is 2. The number of esters is 1. The van der Waals surface area contributed by atoms with Crippen LogP contribution in [0.15, 0.2) is 59.7 Å². The van der Waals surface area contributed by atoms with Crippen molar-refractivity contribution in [3.8, 4) is 5.75 Å². The summed E-state index contributed by atoms with van der Waals surface area (Å²) in [5, 5.41) is 6.70. The summed E-state index contributed by atoms with van der Waals surface area (Å²) < 4.78 is 10.9. The molecule has 3 rings (SSSR count). The lowest BCUT2D eigenvalue weighted by Gasteiger charge is -2.35. The Balaban J connectivity index is 1.67. The van der Waals surface area contributed by atoms with Crippen LogP contribution in [-0.2, 0) is 16.1 Å². The lowest BCUT2D eigenvalue weighted by molar-refractivity contribution is -0.150. The second-order valence-corrected chi connectivity index (χ2v) is 7.36. The number of carbonyl (C=O) groups excluding carboxylic acids is 2. The van der Waals surface area contributed by atoms with E-state index in [2.05, 4.69) is 15.3 Å². The summed E-state index contributed by atoms with van der Waals surface area (Å²) in [4.78, 5) is 28.1. The molecule has 1 saturated carbocycles. The molecule has 1 N–H and O–H groups in total. The lowest BCUT2D eigenvalue weighted by atomic mass is 9.81. The first-order valence-corrected chi connectivity index (χ1v) is 10.4. The van der Waals surface area contributed by atoms with Crippen LogP contribution >= 0.6 is 0 Å². The van der Waals surface area contributed by atoms with Crippen molar-refractivity contribution in [1.29, 1.82) is 0 Å². The molecule has 31 heavy (non-hydrogen) atoms. The van der Waals surface area contributed by atoms with Gasteiger partial charge in [0.25, 0.3) is 5.91 Å². The molecule has 0 aromatic heterocycles. The van der Waals surface area contributed by atoms with Gasteiger partial charge in [-0.3, -0.25) is 9.59 Å². The van der Waals surface area contributed by atoms with E-state index in [1.54, 1.807) is 31.2 Å². The van der Waals surface area contributed by atoms with Gasteiger partial charge in [0.2, 0.25) is 0 Å². The van der Waals surface area contributed by atoms with Crippen LogP contribution in [0.25, 0.3) is 10.4 Å². The number of rotatable bonds is 8. The fourth-order valence-electron chi connectivity index (χ4n) is 3.76. The second kappa shape index (κ2) is 11.0. The predicted octanol–water partition coefficient (Wildman–Crippen LogP) is 4.41. The number of hydrogen-bond acceptors (Lipinski definition) is 5. The van der Waals surface area contributed by atoms with Crippen molar-refractivity contribution in [2.45, 2.75) is 44.9 Å². The number of benzene rings is 2. The third-order valence-corrected chi connectivity index (χ3v) is 5.31. The number of nitrogens with zero attached hydrogens (tertiary/aromatic N) is 3. The minimum absolute atomic E-state index is 0.257. The molecule has 0 aliphatic heterocycles. The van der Waals surface area contributed by atoms with Gasteiger partial charge in [-0.15, -0.1) is 0 Å². The van der Waals surface area contributed by atoms with E-state index in [0.29, 0.717) is 30.8 Å². The van der Waals surface area contributed by atoms with Crippen molar-refractivity contribution in [2.75, 3.05) is 6.61 Å². The topological polar surface area (TPSA) is 113 Å². The van der Waals surface area contributed by atoms with Gasteiger partial charge >= 0.3 is 5.97 Å². The summed E-state index contributed by atoms with van der Waals surface area (Å²) in [6.45, 7) is 2.43. The molecule has 1 aliphatic rings. The second-order valence-electron chi connectivity index (χ2n) is 7.36. The quantitative estimate of drug-likeness (QED) is 0.294. The summed E-state index contributed by atoms with van der Waals surface area (Å²) in [5.41, 5.74) is 10.4. The number of hydrogen-bond donors (Lipinski definition) is 1. The molecule has 162 valence electrons. The van der Waals surface area contributed by atoms with Gasteiger partial charge in [0.05, 0.1) is 24.6 Å². The number of azide groups is 1. The molecule has 2 aromatic carbocycles. The van der Waals surface area contributed by atoms with Crippen LogP contribution in [0.2, 0.25) is 0 Å². The Labute approximate surface area is 181 Å². The van der Waals surface area contributed by atoms with Gasteiger partial charge < -0.3 is 14.8 Å². The lowest BCUT2D eigenvalue weighted by Crippen LogP contribution is -2.52. The van der Waals surface area contributed by atoms with E-state index in [9.17, 15) is 9.59 Å². The Morgan fingerprint density at radius 3 is 2.55 bits per heavy atom. The average molecular weight is 422 g/mol. The van der Waals surface area contributed by atoms with Gasteiger partial charge in [0, 0.05) is 10.5 Å². The zero-order chi connectivity index (χ0) is 22.1. The standard InChI is InChI=1S/C23H26N4O4/c1-2-30-23(29)19-9-6-10-20(26-27-24)21(19)25-22(28)17-11-13-18(14-12-17)31-15-16-7-4-3-5-8-16/h3-5,7-8,11-14,19-21H,2,6,9-10,15H2,1H3,(H,25,28)/t19-,20-,21?/m0/s1. The van der Waals surface area contributed by atoms with Gasteiger partial charge in [0.1, 0.15) is 12.4 Å². The first kappa shape index (κ1) is 22.2. The predicted molar refractivity (Wildman–Crippen MR) is 115 cm³/mol. The molecule has 0 saturated heterocycles. The van der Waals surface area contributed by atoms with E-state index < -0.39 is 18.0 Å². The highest BCUT2D eigenvalue weighted by Gasteiger charge is 2.39. The highest BCUT2D eigenvalue weighted by atomic mass is 16.5. The van der Waals surface area contributed by atoms with Crippen molar-refractivity contribution in [3.05, 3.63) is 76.2 Å². The van der Waals surface area contributed by atoms with Crippen molar-refractivity contribution in [2.24, 2.45) is 11.0 Å². The van der Waals surface area contributed by atoms with Crippen LogP contribution in [0.3, 0.4) is 0 Å². The molecule has 0 heterocycles. The van der Waals surface area contributed by atoms with Crippen molar-refractivity contribution in [3.63, 3.8) is 0 Å². The molecule has 8 nitrogen and oxygen atoms in total. The van der Waals surface area contributed by atoms with Crippen molar-refractivity contribution < 1.29 is 19.1 Å². The van der Waals surface area contributed by atoms with Gasteiger partial charge in [-0.2, -0.15) is 0 Å². The van der Waals surface area contributed by atoms with Crippen molar-refractivity contribution in [1.82, 2.24) is 5.32 Å². The minimum atomic E-state index is -0.606. The smallest absolute Gasteiger partial charge is 0.311 e. The maximum absolute atomic E-state index is 12.8. The first-order valence-electron chi connectivity index (χ1n) is 10.4. The SMILES string of the molecule is CCOC(=O)[C@H]1CCC[C@H](N=[N+]=[N-])C1NC(=O)c1ccc(OCc2ccccc2)cc1. The normalized spacial score (nSPS) is 20.2. The molecule has 3 atom stereocenters. The molecule has 1 fully saturated rings. The fourth-order valence-corrected chi connectivity index (χ4v) is 3.76. The van der Waals surface area contributed by atoms with Crippen LogP contribution in [-0.4, -0.2) is 30.6 Å². The monoisotopic (exact) mass is 422 g/mol. The van der Waals surface area contributed by atoms with E-state index in [0.717, 1.165) is 12.0 Å². The highest BCUT2D eigenvalue weighted by molar-refractivity contribution is 5.95. The molecule has 0 radical (unpaired) electrons. The Morgan fingerprint density at radius 1 is 1.13 bits per heavy atom. The van der Waals surface area contributed by atoms with Crippen LogP contribution in [0.1, 0.15) is 42.1 Å². The van der Waals surface area contributed by atoms with Crippen molar-refractivity contribution >= 4 is 11.9 Å². The zero-order valence-corrected chi connectivity index (χ0v) is 17.4. The highest BCUT2D eigenvalue weighted by Crippen LogP contribution is 2.29. The average Bonchev–Trinajstić information content (AvgIpc) is 2.80. The number of nitrogens with one attached hydrogen (secondary N) is 1. The molecular formula is C23H26N4O4. The fraction of sp³-hybridized carbons (Fsp3) is 0.391. The Kier molecular flexibility index (Phi) is 7.90. The molecule has 8 heteroatoms. The van der Waals surface area contributed by atoms with E-state index in [1.807, 2.05) is 30.3 Å². The van der Waals surface area contributed by atoms with Crippen LogP contribution < -0.4 is 10.1 Å². The zero-order valence-electron chi connectivity index (χ0n) is 17.4. The first-order chi connectivity index (χ1) is 15.1. The number of carbonyl (C=O) groups is 2. The Morgan fingerprint density at radius 2 is 1.87 bits per heavy atom. The van der Waals surface area contributed by atoms with E-state index in [1.165, 1.54) is 0 Å². The molecule has 1 amide bonds. The largest absolute Gasteiger partial charge is 0.489 e.